The Kier molecular flexibility index (Phi) is 4.65. The monoisotopic (exact) mass is 404 g/mol. The highest BCUT2D eigenvalue weighted by molar-refractivity contribution is 6.00. The van der Waals surface area contributed by atoms with Gasteiger partial charge in [-0.25, -0.2) is 4.98 Å². The highest BCUT2D eigenvalue weighted by Crippen LogP contribution is 2.36. The van der Waals surface area contributed by atoms with Gasteiger partial charge in [0.05, 0.1) is 31.4 Å². The molecule has 2 saturated heterocycles. The number of anilines is 1. The van der Waals surface area contributed by atoms with E-state index in [2.05, 4.69) is 9.88 Å². The molecule has 1 aromatic heterocycles. The average Bonchev–Trinajstić information content (AvgIpc) is 3.37. The molecule has 7 heteroatoms. The Morgan fingerprint density at radius 2 is 1.53 bits per heavy atom. The lowest BCUT2D eigenvalue weighted by atomic mass is 10.0. The lowest BCUT2D eigenvalue weighted by molar-refractivity contribution is 0.0775. The van der Waals surface area contributed by atoms with Gasteiger partial charge >= 0.3 is 0 Å². The van der Waals surface area contributed by atoms with Gasteiger partial charge < -0.3 is 19.3 Å². The van der Waals surface area contributed by atoms with Crippen LogP contribution in [-0.2, 0) is 0 Å². The summed E-state index contributed by atoms with van der Waals surface area (Å²) in [5.41, 5.74) is 2.31. The smallest absolute Gasteiger partial charge is 0.261 e. The van der Waals surface area contributed by atoms with Crippen LogP contribution in [-0.4, -0.2) is 61.2 Å². The number of hydrogen-bond donors (Lipinski definition) is 0. The summed E-state index contributed by atoms with van der Waals surface area (Å²) in [4.78, 5) is 26.8. The van der Waals surface area contributed by atoms with Gasteiger partial charge in [-0.1, -0.05) is 18.2 Å². The average molecular weight is 404 g/mol. The number of nitrogens with zero attached hydrogens (tertiary/aromatic N) is 4. The molecular formula is C23H24N4O3. The predicted molar refractivity (Wildman–Crippen MR) is 114 cm³/mol. The molecule has 0 radical (unpaired) electrons. The summed E-state index contributed by atoms with van der Waals surface area (Å²) in [5.74, 6) is 2.81. The lowest BCUT2D eigenvalue weighted by Crippen LogP contribution is -2.34. The number of methoxy groups -OCH3 is 2. The maximum Gasteiger partial charge on any atom is 0.261 e. The molecule has 3 heterocycles. The normalized spacial score (nSPS) is 20.5. The molecule has 2 unspecified atom stereocenters. The molecule has 0 bridgehead atoms. The van der Waals surface area contributed by atoms with Crippen molar-refractivity contribution in [1.29, 1.82) is 0 Å². The van der Waals surface area contributed by atoms with Crippen molar-refractivity contribution in [2.24, 2.45) is 11.8 Å². The van der Waals surface area contributed by atoms with Crippen LogP contribution in [0.15, 0.2) is 48.7 Å². The first kappa shape index (κ1) is 18.7. The fraction of sp³-hybridized carbons (Fsp3) is 0.348. The molecule has 3 aromatic rings. The van der Waals surface area contributed by atoms with Crippen molar-refractivity contribution in [1.82, 2.24) is 14.9 Å². The van der Waals surface area contributed by atoms with Gasteiger partial charge in [0, 0.05) is 38.0 Å². The van der Waals surface area contributed by atoms with Gasteiger partial charge in [-0.3, -0.25) is 9.78 Å². The molecule has 30 heavy (non-hydrogen) atoms. The third-order valence-corrected chi connectivity index (χ3v) is 6.17. The number of likely N-dealkylation sites (tertiary alicyclic amines) is 1. The molecule has 2 aromatic carbocycles. The first-order chi connectivity index (χ1) is 14.7. The van der Waals surface area contributed by atoms with Crippen LogP contribution in [0, 0.1) is 11.8 Å². The minimum atomic E-state index is -0.0317. The van der Waals surface area contributed by atoms with Crippen molar-refractivity contribution < 1.29 is 14.3 Å². The van der Waals surface area contributed by atoms with Gasteiger partial charge in [-0.05, 0) is 24.3 Å². The molecule has 0 N–H and O–H groups in total. The van der Waals surface area contributed by atoms with E-state index < -0.39 is 0 Å². The van der Waals surface area contributed by atoms with E-state index in [0.717, 1.165) is 43.0 Å². The zero-order valence-electron chi connectivity index (χ0n) is 17.1. The van der Waals surface area contributed by atoms with E-state index in [-0.39, 0.29) is 5.91 Å². The Labute approximate surface area is 175 Å². The van der Waals surface area contributed by atoms with Crippen LogP contribution < -0.4 is 14.4 Å². The third-order valence-electron chi connectivity index (χ3n) is 6.17. The standard InChI is InChI=1S/C23H24N4O3/c1-29-19-8-5-9-20(30-2)22(19)23(28)27-13-15-11-26(12-16(15)14-27)21-10-24-17-6-3-4-7-18(17)25-21/h3-10,15-16H,11-14H2,1-2H3. The van der Waals surface area contributed by atoms with E-state index in [1.54, 1.807) is 26.4 Å². The second-order valence-electron chi connectivity index (χ2n) is 7.89. The lowest BCUT2D eigenvalue weighted by Gasteiger charge is -2.23. The zero-order chi connectivity index (χ0) is 20.7. The number of carbonyl (C=O) groups excluding carboxylic acids is 1. The van der Waals surface area contributed by atoms with Gasteiger partial charge in [0.25, 0.3) is 5.91 Å². The minimum Gasteiger partial charge on any atom is -0.496 e. The summed E-state index contributed by atoms with van der Waals surface area (Å²) in [6.45, 7) is 3.21. The summed E-state index contributed by atoms with van der Waals surface area (Å²) in [7, 11) is 3.15. The molecule has 1 amide bonds. The summed E-state index contributed by atoms with van der Waals surface area (Å²) < 4.78 is 10.8. The molecule has 154 valence electrons. The Balaban J connectivity index is 1.32. The summed E-state index contributed by atoms with van der Waals surface area (Å²) >= 11 is 0. The summed E-state index contributed by atoms with van der Waals surface area (Å²) in [5, 5.41) is 0. The van der Waals surface area contributed by atoms with Crippen LogP contribution in [0.1, 0.15) is 10.4 Å². The third kappa shape index (κ3) is 3.10. The fourth-order valence-electron chi connectivity index (χ4n) is 4.67. The van der Waals surface area contributed by atoms with E-state index >= 15 is 0 Å². The highest BCUT2D eigenvalue weighted by Gasteiger charge is 2.43. The number of hydrogen-bond acceptors (Lipinski definition) is 6. The molecule has 2 atom stereocenters. The predicted octanol–water partition coefficient (Wildman–Crippen LogP) is 2.86. The number of benzene rings is 2. The quantitative estimate of drug-likeness (QED) is 0.666. The van der Waals surface area contributed by atoms with Crippen molar-refractivity contribution in [3.8, 4) is 11.5 Å². The van der Waals surface area contributed by atoms with Gasteiger partial charge in [0.2, 0.25) is 0 Å². The molecule has 0 aliphatic carbocycles. The van der Waals surface area contributed by atoms with Crippen LogP contribution in [0.4, 0.5) is 5.82 Å². The molecular weight excluding hydrogens is 380 g/mol. The highest BCUT2D eigenvalue weighted by atomic mass is 16.5. The topological polar surface area (TPSA) is 67.8 Å². The SMILES string of the molecule is COc1cccc(OC)c1C(=O)N1CC2CN(c3cnc4ccccc4n3)CC2C1. The molecule has 2 fully saturated rings. The van der Waals surface area contributed by atoms with Crippen molar-refractivity contribution >= 4 is 22.8 Å². The van der Waals surface area contributed by atoms with Gasteiger partial charge in [-0.15, -0.1) is 0 Å². The Morgan fingerprint density at radius 3 is 2.17 bits per heavy atom. The Bertz CT molecular complexity index is 1070. The molecule has 7 nitrogen and oxygen atoms in total. The number of para-hydroxylation sites is 2. The summed E-state index contributed by atoms with van der Waals surface area (Å²) in [6.07, 6.45) is 1.85. The van der Waals surface area contributed by atoms with Crippen molar-refractivity contribution in [2.45, 2.75) is 0 Å². The van der Waals surface area contributed by atoms with E-state index in [1.165, 1.54) is 0 Å². The Hall–Kier alpha value is -3.35. The van der Waals surface area contributed by atoms with Crippen molar-refractivity contribution in [2.75, 3.05) is 45.3 Å². The van der Waals surface area contributed by atoms with E-state index in [1.807, 2.05) is 41.4 Å². The van der Waals surface area contributed by atoms with Crippen LogP contribution >= 0.6 is 0 Å². The number of ether oxygens (including phenoxy) is 2. The number of amides is 1. The first-order valence-corrected chi connectivity index (χ1v) is 10.1. The van der Waals surface area contributed by atoms with Gasteiger partial charge in [-0.2, -0.15) is 0 Å². The largest absolute Gasteiger partial charge is 0.496 e. The van der Waals surface area contributed by atoms with Crippen molar-refractivity contribution in [3.05, 3.63) is 54.2 Å². The molecule has 5 rings (SSSR count). The number of aromatic nitrogens is 2. The fourth-order valence-corrected chi connectivity index (χ4v) is 4.67. The van der Waals surface area contributed by atoms with E-state index in [9.17, 15) is 4.79 Å². The molecule has 2 aliphatic rings. The van der Waals surface area contributed by atoms with Gasteiger partial charge in [0.15, 0.2) is 0 Å². The number of rotatable bonds is 4. The molecule has 0 spiro atoms. The van der Waals surface area contributed by atoms with Crippen LogP contribution in [0.25, 0.3) is 11.0 Å². The van der Waals surface area contributed by atoms with Gasteiger partial charge in [0.1, 0.15) is 22.9 Å². The second kappa shape index (κ2) is 7.48. The minimum absolute atomic E-state index is 0.0317. The Morgan fingerprint density at radius 1 is 0.900 bits per heavy atom. The zero-order valence-corrected chi connectivity index (χ0v) is 17.1. The maximum absolute atomic E-state index is 13.3. The van der Waals surface area contributed by atoms with Crippen LogP contribution in [0.2, 0.25) is 0 Å². The van der Waals surface area contributed by atoms with E-state index in [4.69, 9.17) is 14.5 Å². The number of carbonyl (C=O) groups is 1. The number of fused-ring (bicyclic) bond motifs is 2. The summed E-state index contributed by atoms with van der Waals surface area (Å²) in [6, 6.07) is 13.3. The molecule has 0 saturated carbocycles. The van der Waals surface area contributed by atoms with Crippen molar-refractivity contribution in [3.63, 3.8) is 0 Å². The van der Waals surface area contributed by atoms with E-state index in [0.29, 0.717) is 28.9 Å². The maximum atomic E-state index is 13.3. The molecule has 2 aliphatic heterocycles. The van der Waals surface area contributed by atoms with Crippen LogP contribution in [0.3, 0.4) is 0 Å². The van der Waals surface area contributed by atoms with Crippen LogP contribution in [0.5, 0.6) is 11.5 Å². The first-order valence-electron chi connectivity index (χ1n) is 10.1. The second-order valence-corrected chi connectivity index (χ2v) is 7.89.